The average molecular weight is 631 g/mol. The lowest BCUT2D eigenvalue weighted by Gasteiger charge is -2.29. The van der Waals surface area contributed by atoms with Crippen molar-refractivity contribution in [1.29, 1.82) is 0 Å². The van der Waals surface area contributed by atoms with Gasteiger partial charge in [-0.05, 0) is 26.0 Å². The minimum Gasteiger partial charge on any atom is -0.486 e. The Hall–Kier alpha value is -4.49. The van der Waals surface area contributed by atoms with Crippen molar-refractivity contribution in [2.24, 2.45) is 0 Å². The molecule has 0 aromatic heterocycles. The third-order valence-electron chi connectivity index (χ3n) is 5.80. The molecule has 1 heterocycles. The van der Waals surface area contributed by atoms with Gasteiger partial charge in [0.2, 0.25) is 5.60 Å². The van der Waals surface area contributed by atoms with Crippen molar-refractivity contribution in [3.05, 3.63) is 24.0 Å². The van der Waals surface area contributed by atoms with Gasteiger partial charge in [0.15, 0.2) is 0 Å². The van der Waals surface area contributed by atoms with Crippen molar-refractivity contribution in [2.75, 3.05) is 37.7 Å². The number of amides is 5. The van der Waals surface area contributed by atoms with Crippen molar-refractivity contribution >= 4 is 35.6 Å². The first-order chi connectivity index (χ1) is 19.8. The fourth-order valence-electron chi connectivity index (χ4n) is 3.43. The predicted molar refractivity (Wildman–Crippen MR) is 131 cm³/mol. The first-order valence-electron chi connectivity index (χ1n) is 12.2. The van der Waals surface area contributed by atoms with E-state index in [0.717, 1.165) is 28.4 Å². The monoisotopic (exact) mass is 631 g/mol. The molecule has 3 atom stereocenters. The molecule has 14 nitrogen and oxygen atoms in total. The summed E-state index contributed by atoms with van der Waals surface area (Å²) in [7, 11) is 0. The normalized spacial score (nSPS) is 18.3. The lowest BCUT2D eigenvalue weighted by molar-refractivity contribution is -0.278. The number of benzene rings is 1. The summed E-state index contributed by atoms with van der Waals surface area (Å²) in [6.45, 7) is -1.85. The van der Waals surface area contributed by atoms with E-state index in [2.05, 4.69) is 5.32 Å². The van der Waals surface area contributed by atoms with Crippen LogP contribution in [0.2, 0.25) is 0 Å². The van der Waals surface area contributed by atoms with Crippen molar-refractivity contribution in [3.63, 3.8) is 0 Å². The molecule has 6 N–H and O–H groups in total. The Morgan fingerprint density at radius 3 is 2.28 bits per heavy atom. The predicted octanol–water partition coefficient (Wildman–Crippen LogP) is 0.483. The summed E-state index contributed by atoms with van der Waals surface area (Å²) < 4.78 is 88.2. The van der Waals surface area contributed by atoms with E-state index in [0.29, 0.717) is 6.92 Å². The second-order valence-corrected chi connectivity index (χ2v) is 9.13. The Labute approximate surface area is 238 Å². The van der Waals surface area contributed by atoms with Crippen LogP contribution < -0.4 is 30.9 Å². The van der Waals surface area contributed by atoms with Crippen LogP contribution in [-0.2, 0) is 19.1 Å². The van der Waals surface area contributed by atoms with Gasteiger partial charge in [-0.2, -0.15) is 22.0 Å². The Morgan fingerprint density at radius 2 is 1.67 bits per heavy atom. The summed E-state index contributed by atoms with van der Waals surface area (Å²) in [4.78, 5) is 61.5. The van der Waals surface area contributed by atoms with E-state index in [4.69, 9.17) is 14.6 Å². The van der Waals surface area contributed by atoms with E-state index < -0.39 is 85.3 Å². The number of hydrogen-bond donors (Lipinski definition) is 6. The highest BCUT2D eigenvalue weighted by Crippen LogP contribution is 2.35. The van der Waals surface area contributed by atoms with E-state index in [9.17, 15) is 55.4 Å². The average Bonchev–Trinajstić information content (AvgIpc) is 2.98. The number of fused-ring (bicyclic) bond motifs is 1. The van der Waals surface area contributed by atoms with Crippen LogP contribution in [0.5, 0.6) is 5.75 Å². The van der Waals surface area contributed by atoms with Gasteiger partial charge in [-0.15, -0.1) is 0 Å². The fraction of sp³-hybridized carbons (Fsp3) is 0.522. The van der Waals surface area contributed by atoms with Gasteiger partial charge in [-0.1, -0.05) is 0 Å². The maximum atomic E-state index is 14.1. The summed E-state index contributed by atoms with van der Waals surface area (Å²) in [5.41, 5.74) is -3.43. The van der Waals surface area contributed by atoms with Crippen LogP contribution in [0.4, 0.5) is 41.6 Å². The molecule has 0 aliphatic carbocycles. The topological polar surface area (TPSA) is 196 Å². The number of hydrogen-bond acceptors (Lipinski definition) is 8. The second-order valence-electron chi connectivity index (χ2n) is 9.13. The maximum absolute atomic E-state index is 14.1. The van der Waals surface area contributed by atoms with Crippen molar-refractivity contribution in [3.8, 4) is 5.75 Å². The third-order valence-corrected chi connectivity index (χ3v) is 5.80. The Morgan fingerprint density at radius 1 is 1.05 bits per heavy atom. The second kappa shape index (κ2) is 13.7. The number of carboxylic acid groups (broad SMARTS) is 1. The Balaban J connectivity index is 2.18. The standard InChI is InChI=1S/C23H27F6N5O9/c1-11-15(33-18(37)21(2,41)17(36)32-10-22(25,26)23(27,28)29)16(35)34(13-9-12(24)3-4-14(13)43-11)7-8-42-20(40)31-6-5-30-19(38)39/h3-4,9,11,15,30,41H,5-8,10H2,1-2H3,(H,31,40)(H,32,36)(H,33,37)(H,38,39)/t11-,15+,21?/m1/s1. The number of halogens is 6. The number of alkyl carbamates (subject to hydrolysis) is 1. The zero-order valence-electron chi connectivity index (χ0n) is 22.4. The number of carbonyl (C=O) groups is 5. The first-order valence-corrected chi connectivity index (χ1v) is 12.2. The highest BCUT2D eigenvalue weighted by atomic mass is 19.4. The summed E-state index contributed by atoms with van der Waals surface area (Å²) in [6, 6.07) is 1.24. The van der Waals surface area contributed by atoms with Crippen molar-refractivity contribution in [1.82, 2.24) is 21.3 Å². The van der Waals surface area contributed by atoms with Crippen molar-refractivity contribution in [2.45, 2.75) is 43.7 Å². The van der Waals surface area contributed by atoms with Gasteiger partial charge in [-0.25, -0.2) is 14.0 Å². The molecule has 240 valence electrons. The Kier molecular flexibility index (Phi) is 11.0. The van der Waals surface area contributed by atoms with Crippen LogP contribution in [0, 0.1) is 5.82 Å². The van der Waals surface area contributed by atoms with Crippen LogP contribution in [0.1, 0.15) is 13.8 Å². The zero-order chi connectivity index (χ0) is 32.8. The van der Waals surface area contributed by atoms with Crippen molar-refractivity contribution < 1.29 is 70.0 Å². The van der Waals surface area contributed by atoms with E-state index in [-0.39, 0.29) is 24.5 Å². The minimum atomic E-state index is -6.03. The Bertz CT molecular complexity index is 1230. The molecular weight excluding hydrogens is 604 g/mol. The molecule has 1 aromatic carbocycles. The van der Waals surface area contributed by atoms with Gasteiger partial charge in [0, 0.05) is 19.2 Å². The number of carbonyl (C=O) groups excluding carboxylic acids is 4. The number of rotatable bonds is 11. The summed E-state index contributed by atoms with van der Waals surface area (Å²) in [5.74, 6) is -11.0. The highest BCUT2D eigenvalue weighted by molar-refractivity contribution is 6.10. The first kappa shape index (κ1) is 34.7. The summed E-state index contributed by atoms with van der Waals surface area (Å²) >= 11 is 0. The van der Waals surface area contributed by atoms with Crippen LogP contribution in [-0.4, -0.2) is 103 Å². The highest BCUT2D eigenvalue weighted by Gasteiger charge is 2.58. The third kappa shape index (κ3) is 9.00. The van der Waals surface area contributed by atoms with Gasteiger partial charge in [0.25, 0.3) is 17.7 Å². The molecule has 0 fully saturated rings. The molecule has 0 saturated heterocycles. The maximum Gasteiger partial charge on any atom is 0.455 e. The number of alkyl halides is 5. The SMILES string of the molecule is C[C@H]1Oc2ccc(F)cc2N(CCOC(=O)NCCNC(=O)O)C(=O)[C@H]1NC(=O)C(C)(O)C(=O)NCC(F)(F)C(F)(F)F. The van der Waals surface area contributed by atoms with Gasteiger partial charge in [0.05, 0.1) is 18.8 Å². The molecule has 1 aliphatic heterocycles. The quantitative estimate of drug-likeness (QED) is 0.114. The molecule has 5 amide bonds. The molecule has 1 unspecified atom stereocenters. The van der Waals surface area contributed by atoms with Crippen LogP contribution in [0.25, 0.3) is 0 Å². The molecule has 1 aromatic rings. The lowest BCUT2D eigenvalue weighted by atomic mass is 10.0. The molecular formula is C23H27F6N5O9. The largest absolute Gasteiger partial charge is 0.486 e. The van der Waals surface area contributed by atoms with Gasteiger partial charge in [0.1, 0.15) is 30.3 Å². The number of anilines is 1. The number of aliphatic hydroxyl groups is 1. The van der Waals surface area contributed by atoms with Crippen LogP contribution in [0.15, 0.2) is 18.2 Å². The molecule has 2 rings (SSSR count). The van der Waals surface area contributed by atoms with E-state index in [1.807, 2.05) is 10.6 Å². The molecule has 1 aliphatic rings. The summed E-state index contributed by atoms with van der Waals surface area (Å²) in [6.07, 6.45) is -9.66. The smallest absolute Gasteiger partial charge is 0.455 e. The molecule has 43 heavy (non-hydrogen) atoms. The zero-order valence-corrected chi connectivity index (χ0v) is 22.4. The van der Waals surface area contributed by atoms with Gasteiger partial charge < -0.3 is 45.9 Å². The molecule has 0 bridgehead atoms. The number of ether oxygens (including phenoxy) is 2. The minimum absolute atomic E-state index is 0.0814. The van der Waals surface area contributed by atoms with Gasteiger partial charge >= 0.3 is 24.3 Å². The molecule has 0 spiro atoms. The van der Waals surface area contributed by atoms with Gasteiger partial charge in [-0.3, -0.25) is 14.4 Å². The van der Waals surface area contributed by atoms with E-state index >= 15 is 0 Å². The number of nitrogens with one attached hydrogen (secondary N) is 4. The molecule has 0 radical (unpaired) electrons. The van der Waals surface area contributed by atoms with E-state index in [1.54, 1.807) is 0 Å². The fourth-order valence-corrected chi connectivity index (χ4v) is 3.43. The number of nitrogens with zero attached hydrogens (tertiary/aromatic N) is 1. The molecule has 20 heteroatoms. The lowest BCUT2D eigenvalue weighted by Crippen LogP contribution is -2.63. The van der Waals surface area contributed by atoms with E-state index in [1.165, 1.54) is 6.92 Å². The van der Waals surface area contributed by atoms with Crippen LogP contribution in [0.3, 0.4) is 0 Å². The van der Waals surface area contributed by atoms with Crippen LogP contribution >= 0.6 is 0 Å². The molecule has 0 saturated carbocycles. The summed E-state index contributed by atoms with van der Waals surface area (Å²) in [5, 5.41) is 26.2.